The first kappa shape index (κ1) is 11.6. The van der Waals surface area contributed by atoms with Crippen molar-refractivity contribution < 1.29 is 17.4 Å². The highest BCUT2D eigenvalue weighted by atomic mass is 79.9. The van der Waals surface area contributed by atoms with Crippen LogP contribution in [-0.4, -0.2) is 13.0 Å². The van der Waals surface area contributed by atoms with Gasteiger partial charge in [0, 0.05) is 5.56 Å². The van der Waals surface area contributed by atoms with Crippen LogP contribution in [0.1, 0.15) is 10.5 Å². The third-order valence-corrected chi connectivity index (χ3v) is 2.99. The molecule has 78 valence electrons. The second-order valence-electron chi connectivity index (χ2n) is 2.48. The van der Waals surface area contributed by atoms with Gasteiger partial charge in [-0.2, -0.15) is 13.1 Å². The van der Waals surface area contributed by atoms with Crippen molar-refractivity contribution >= 4 is 26.2 Å². The number of benzene rings is 1. The summed E-state index contributed by atoms with van der Waals surface area (Å²) < 4.78 is 44.1. The molecule has 14 heavy (non-hydrogen) atoms. The molecule has 0 spiro atoms. The van der Waals surface area contributed by atoms with Crippen molar-refractivity contribution in [1.29, 1.82) is 0 Å². The molecule has 0 fully saturated rings. The van der Waals surface area contributed by atoms with Gasteiger partial charge in [-0.1, -0.05) is 34.1 Å². The van der Waals surface area contributed by atoms with Crippen LogP contribution in [0.3, 0.4) is 0 Å². The molecule has 0 radical (unpaired) electrons. The van der Waals surface area contributed by atoms with Gasteiger partial charge in [0.2, 0.25) is 0 Å². The topological polar surface area (TPSA) is 66.4 Å². The molecule has 7 heteroatoms. The molecule has 0 aromatic heterocycles. The average molecular weight is 284 g/mol. The molecule has 0 bridgehead atoms. The fourth-order valence-corrected chi connectivity index (χ4v) is 2.34. The standard InChI is InChI=1S/C7H7BrFNO3S/c8-7(10-14(11,12)13)5-3-1-2-4-6(5)9/h1-4,7,10H,(H,11,12,13). The highest BCUT2D eigenvalue weighted by Crippen LogP contribution is 2.22. The molecule has 0 saturated heterocycles. The van der Waals surface area contributed by atoms with E-state index in [9.17, 15) is 12.8 Å². The van der Waals surface area contributed by atoms with E-state index in [1.165, 1.54) is 18.2 Å². The maximum Gasteiger partial charge on any atom is 0.334 e. The second kappa shape index (κ2) is 4.35. The largest absolute Gasteiger partial charge is 0.334 e. The van der Waals surface area contributed by atoms with Gasteiger partial charge in [-0.05, 0) is 6.07 Å². The van der Waals surface area contributed by atoms with Crippen LogP contribution >= 0.6 is 15.9 Å². The van der Waals surface area contributed by atoms with Gasteiger partial charge in [-0.25, -0.2) is 4.39 Å². The van der Waals surface area contributed by atoms with Crippen LogP contribution in [-0.2, 0) is 10.3 Å². The second-order valence-corrected chi connectivity index (χ2v) is 4.58. The fraction of sp³-hybridized carbons (Fsp3) is 0.143. The summed E-state index contributed by atoms with van der Waals surface area (Å²) in [6.07, 6.45) is 0. The molecule has 1 atom stereocenters. The lowest BCUT2D eigenvalue weighted by Gasteiger charge is -2.10. The predicted octanol–water partition coefficient (Wildman–Crippen LogP) is 1.61. The van der Waals surface area contributed by atoms with Crippen molar-refractivity contribution in [2.75, 3.05) is 0 Å². The zero-order chi connectivity index (χ0) is 10.8. The molecule has 0 amide bonds. The molecule has 0 saturated carbocycles. The Kier molecular flexibility index (Phi) is 3.59. The van der Waals surface area contributed by atoms with Crippen LogP contribution in [0.15, 0.2) is 24.3 Å². The first-order valence-electron chi connectivity index (χ1n) is 3.53. The summed E-state index contributed by atoms with van der Waals surface area (Å²) in [6, 6.07) is 5.62. The van der Waals surface area contributed by atoms with Crippen LogP contribution < -0.4 is 4.72 Å². The van der Waals surface area contributed by atoms with E-state index in [-0.39, 0.29) is 5.56 Å². The quantitative estimate of drug-likeness (QED) is 0.503. The van der Waals surface area contributed by atoms with Crippen LogP contribution in [0, 0.1) is 5.82 Å². The lowest BCUT2D eigenvalue weighted by molar-refractivity contribution is 0.465. The van der Waals surface area contributed by atoms with Gasteiger partial charge in [0.05, 0.1) is 0 Å². The van der Waals surface area contributed by atoms with Crippen molar-refractivity contribution in [1.82, 2.24) is 4.72 Å². The van der Waals surface area contributed by atoms with Crippen LogP contribution in [0.2, 0.25) is 0 Å². The van der Waals surface area contributed by atoms with Crippen LogP contribution in [0.5, 0.6) is 0 Å². The summed E-state index contributed by atoms with van der Waals surface area (Å²) >= 11 is 2.88. The summed E-state index contributed by atoms with van der Waals surface area (Å²) in [5.41, 5.74) is 0.102. The first-order valence-corrected chi connectivity index (χ1v) is 5.89. The molecule has 1 rings (SSSR count). The van der Waals surface area contributed by atoms with E-state index in [4.69, 9.17) is 4.55 Å². The molecule has 1 unspecified atom stereocenters. The minimum atomic E-state index is -4.35. The molecule has 2 N–H and O–H groups in total. The Hall–Kier alpha value is -0.500. The van der Waals surface area contributed by atoms with Gasteiger partial charge < -0.3 is 0 Å². The predicted molar refractivity (Wildman–Crippen MR) is 52.8 cm³/mol. The van der Waals surface area contributed by atoms with Gasteiger partial charge in [0.1, 0.15) is 10.8 Å². The van der Waals surface area contributed by atoms with Crippen molar-refractivity contribution in [2.45, 2.75) is 4.95 Å². The number of hydrogen-bond acceptors (Lipinski definition) is 2. The van der Waals surface area contributed by atoms with E-state index < -0.39 is 21.1 Å². The summed E-state index contributed by atoms with van der Waals surface area (Å²) in [5.74, 6) is -0.564. The van der Waals surface area contributed by atoms with Crippen molar-refractivity contribution in [2.24, 2.45) is 0 Å². The van der Waals surface area contributed by atoms with E-state index in [1.54, 1.807) is 10.8 Å². The van der Waals surface area contributed by atoms with Gasteiger partial charge in [-0.15, -0.1) is 0 Å². The molecule has 0 aliphatic carbocycles. The highest BCUT2D eigenvalue weighted by molar-refractivity contribution is 9.09. The molecule has 0 aliphatic heterocycles. The van der Waals surface area contributed by atoms with Crippen LogP contribution in [0.25, 0.3) is 0 Å². The van der Waals surface area contributed by atoms with E-state index >= 15 is 0 Å². The number of alkyl halides is 1. The number of halogens is 2. The number of hydrogen-bond donors (Lipinski definition) is 2. The number of rotatable bonds is 3. The molecular weight excluding hydrogens is 277 g/mol. The lowest BCUT2D eigenvalue weighted by Crippen LogP contribution is -2.24. The first-order chi connectivity index (χ1) is 6.40. The third kappa shape index (κ3) is 3.33. The summed E-state index contributed by atoms with van der Waals surface area (Å²) in [6.45, 7) is 0. The molecule has 0 aliphatic rings. The summed E-state index contributed by atoms with van der Waals surface area (Å²) in [5, 5.41) is 0. The van der Waals surface area contributed by atoms with Crippen LogP contribution in [0.4, 0.5) is 4.39 Å². The minimum absolute atomic E-state index is 0.102. The van der Waals surface area contributed by atoms with Gasteiger partial charge in [-0.3, -0.25) is 4.55 Å². The summed E-state index contributed by atoms with van der Waals surface area (Å²) in [4.78, 5) is -0.987. The highest BCUT2D eigenvalue weighted by Gasteiger charge is 2.16. The Labute approximate surface area is 89.1 Å². The SMILES string of the molecule is O=S(=O)(O)NC(Br)c1ccccc1F. The molecule has 1 aromatic rings. The lowest BCUT2D eigenvalue weighted by atomic mass is 10.2. The van der Waals surface area contributed by atoms with E-state index in [1.807, 2.05) is 0 Å². The Morgan fingerprint density at radius 3 is 2.50 bits per heavy atom. The van der Waals surface area contributed by atoms with Crippen molar-refractivity contribution in [3.05, 3.63) is 35.6 Å². The zero-order valence-electron chi connectivity index (χ0n) is 6.81. The molecule has 1 aromatic carbocycles. The normalized spacial score (nSPS) is 13.9. The maximum absolute atomic E-state index is 13.1. The molecule has 0 heterocycles. The Morgan fingerprint density at radius 2 is 2.00 bits per heavy atom. The Morgan fingerprint density at radius 1 is 1.43 bits per heavy atom. The average Bonchev–Trinajstić information content (AvgIpc) is 2.01. The number of nitrogens with one attached hydrogen (secondary N) is 1. The van der Waals surface area contributed by atoms with Gasteiger partial charge >= 0.3 is 10.3 Å². The van der Waals surface area contributed by atoms with Crippen molar-refractivity contribution in [3.8, 4) is 0 Å². The monoisotopic (exact) mass is 283 g/mol. The Balaban J connectivity index is 2.90. The Bertz CT molecular complexity index is 423. The van der Waals surface area contributed by atoms with E-state index in [0.29, 0.717) is 0 Å². The molecular formula is C7H7BrFNO3S. The van der Waals surface area contributed by atoms with E-state index in [0.717, 1.165) is 0 Å². The van der Waals surface area contributed by atoms with Gasteiger partial charge in [0.25, 0.3) is 0 Å². The minimum Gasteiger partial charge on any atom is -0.273 e. The summed E-state index contributed by atoms with van der Waals surface area (Å²) in [7, 11) is -4.35. The third-order valence-electron chi connectivity index (χ3n) is 1.43. The van der Waals surface area contributed by atoms with Gasteiger partial charge in [0.15, 0.2) is 0 Å². The smallest absolute Gasteiger partial charge is 0.273 e. The maximum atomic E-state index is 13.1. The van der Waals surface area contributed by atoms with Crippen molar-refractivity contribution in [3.63, 3.8) is 0 Å². The zero-order valence-corrected chi connectivity index (χ0v) is 9.22. The van der Waals surface area contributed by atoms with E-state index in [2.05, 4.69) is 15.9 Å². The fourth-order valence-electron chi connectivity index (χ4n) is 0.875. The molecule has 4 nitrogen and oxygen atoms in total.